The van der Waals surface area contributed by atoms with Crippen molar-refractivity contribution in [3.63, 3.8) is 0 Å². The molecular weight excluding hydrogens is 396 g/mol. The highest BCUT2D eigenvalue weighted by molar-refractivity contribution is 7.10. The molecule has 0 radical (unpaired) electrons. The standard InChI is InChI=1S/C24H22N2O3S/c27-22(15-26-19-8-3-4-9-20(19)29-24(26)28)25-23(21-10-5-13-30-21)18-12-11-16-6-1-2-7-17(16)14-18/h3-5,8-14,23H,1-2,6-7,15H2,(H,25,27). The van der Waals surface area contributed by atoms with Crippen LogP contribution in [0, 0.1) is 0 Å². The fourth-order valence-corrected chi connectivity index (χ4v) is 5.02. The molecule has 30 heavy (non-hydrogen) atoms. The lowest BCUT2D eigenvalue weighted by atomic mass is 9.89. The summed E-state index contributed by atoms with van der Waals surface area (Å²) in [6.07, 6.45) is 4.67. The molecule has 0 aliphatic heterocycles. The third-order valence-corrected chi connectivity index (χ3v) is 6.65. The summed E-state index contributed by atoms with van der Waals surface area (Å²) in [5.74, 6) is -0.743. The molecular formula is C24H22N2O3S. The molecule has 0 fully saturated rings. The molecule has 4 aromatic rings. The Labute approximate surface area is 178 Å². The molecule has 1 aliphatic rings. The molecule has 152 valence electrons. The Morgan fingerprint density at radius 1 is 1.07 bits per heavy atom. The molecule has 2 aromatic heterocycles. The first-order valence-electron chi connectivity index (χ1n) is 10.2. The van der Waals surface area contributed by atoms with Crippen LogP contribution in [-0.2, 0) is 24.2 Å². The number of carbonyl (C=O) groups is 1. The van der Waals surface area contributed by atoms with Crippen LogP contribution in [0.4, 0.5) is 0 Å². The molecule has 1 unspecified atom stereocenters. The second-order valence-corrected chi connectivity index (χ2v) is 8.65. The molecule has 1 amide bonds. The lowest BCUT2D eigenvalue weighted by Gasteiger charge is -2.22. The number of para-hydroxylation sites is 2. The molecule has 0 spiro atoms. The molecule has 2 heterocycles. The monoisotopic (exact) mass is 418 g/mol. The molecule has 5 rings (SSSR count). The van der Waals surface area contributed by atoms with Gasteiger partial charge in [-0.2, -0.15) is 0 Å². The van der Waals surface area contributed by atoms with E-state index < -0.39 is 5.76 Å². The van der Waals surface area contributed by atoms with E-state index in [2.05, 4.69) is 23.5 Å². The van der Waals surface area contributed by atoms with E-state index in [1.165, 1.54) is 28.5 Å². The Morgan fingerprint density at radius 3 is 2.73 bits per heavy atom. The van der Waals surface area contributed by atoms with Gasteiger partial charge in [0.1, 0.15) is 6.54 Å². The lowest BCUT2D eigenvalue weighted by Crippen LogP contribution is -2.34. The third-order valence-electron chi connectivity index (χ3n) is 5.71. The van der Waals surface area contributed by atoms with E-state index >= 15 is 0 Å². The average molecular weight is 419 g/mol. The maximum absolute atomic E-state index is 13.0. The Bertz CT molecular complexity index is 1250. The molecule has 1 N–H and O–H groups in total. The van der Waals surface area contributed by atoms with Gasteiger partial charge in [0.2, 0.25) is 5.91 Å². The van der Waals surface area contributed by atoms with E-state index in [9.17, 15) is 9.59 Å². The number of hydrogen-bond donors (Lipinski definition) is 1. The number of rotatable bonds is 5. The SMILES string of the molecule is O=C(Cn1c(=O)oc2ccccc21)NC(c1ccc2c(c1)CCCC2)c1cccs1. The van der Waals surface area contributed by atoms with Gasteiger partial charge in [0.05, 0.1) is 11.6 Å². The lowest BCUT2D eigenvalue weighted by molar-refractivity contribution is -0.122. The number of nitrogens with zero attached hydrogens (tertiary/aromatic N) is 1. The summed E-state index contributed by atoms with van der Waals surface area (Å²) in [4.78, 5) is 26.3. The second-order valence-electron chi connectivity index (χ2n) is 7.67. The van der Waals surface area contributed by atoms with Gasteiger partial charge >= 0.3 is 5.76 Å². The smallest absolute Gasteiger partial charge is 0.408 e. The van der Waals surface area contributed by atoms with Crippen LogP contribution in [-0.4, -0.2) is 10.5 Å². The van der Waals surface area contributed by atoms with E-state index in [-0.39, 0.29) is 18.5 Å². The average Bonchev–Trinajstić information content (AvgIpc) is 3.40. The Balaban J connectivity index is 1.44. The number of nitrogens with one attached hydrogen (secondary N) is 1. The highest BCUT2D eigenvalue weighted by Crippen LogP contribution is 2.30. The summed E-state index contributed by atoms with van der Waals surface area (Å²) >= 11 is 1.62. The fourth-order valence-electron chi connectivity index (χ4n) is 4.22. The predicted octanol–water partition coefficient (Wildman–Crippen LogP) is 4.44. The molecule has 6 heteroatoms. The quantitative estimate of drug-likeness (QED) is 0.521. The summed E-state index contributed by atoms with van der Waals surface area (Å²) in [7, 11) is 0. The largest absolute Gasteiger partial charge is 0.420 e. The summed E-state index contributed by atoms with van der Waals surface area (Å²) in [5.41, 5.74) is 4.99. The highest BCUT2D eigenvalue weighted by atomic mass is 32.1. The van der Waals surface area contributed by atoms with Crippen LogP contribution in [0.15, 0.2) is 69.2 Å². The van der Waals surface area contributed by atoms with Crippen molar-refractivity contribution in [3.8, 4) is 0 Å². The van der Waals surface area contributed by atoms with Gasteiger partial charge in [0.15, 0.2) is 5.58 Å². The summed E-state index contributed by atoms with van der Waals surface area (Å²) < 4.78 is 6.63. The van der Waals surface area contributed by atoms with Crippen LogP contribution >= 0.6 is 11.3 Å². The van der Waals surface area contributed by atoms with Crippen LogP contribution in [0.25, 0.3) is 11.1 Å². The number of fused-ring (bicyclic) bond motifs is 2. The van der Waals surface area contributed by atoms with Gasteiger partial charge in [-0.15, -0.1) is 11.3 Å². The Hall–Kier alpha value is -3.12. The summed E-state index contributed by atoms with van der Waals surface area (Å²) in [6.45, 7) is -0.0807. The number of aromatic nitrogens is 1. The van der Waals surface area contributed by atoms with Crippen molar-refractivity contribution in [1.82, 2.24) is 9.88 Å². The number of hydrogen-bond acceptors (Lipinski definition) is 4. The van der Waals surface area contributed by atoms with E-state index in [0.717, 1.165) is 23.3 Å². The van der Waals surface area contributed by atoms with Gasteiger partial charge < -0.3 is 9.73 Å². The Kier molecular flexibility index (Phi) is 5.01. The van der Waals surface area contributed by atoms with Gasteiger partial charge in [0, 0.05) is 4.88 Å². The predicted molar refractivity (Wildman–Crippen MR) is 118 cm³/mol. The third kappa shape index (κ3) is 3.59. The second kappa shape index (κ2) is 7.95. The van der Waals surface area contributed by atoms with Crippen molar-refractivity contribution in [3.05, 3.63) is 92.1 Å². The van der Waals surface area contributed by atoms with Crippen molar-refractivity contribution >= 4 is 28.3 Å². The molecule has 1 aliphatic carbocycles. The molecule has 0 saturated heterocycles. The summed E-state index contributed by atoms with van der Waals surface area (Å²) in [5, 5.41) is 5.16. The number of carbonyl (C=O) groups excluding carboxylic acids is 1. The zero-order valence-corrected chi connectivity index (χ0v) is 17.3. The number of benzene rings is 2. The normalized spacial score (nSPS) is 14.4. The molecule has 0 bridgehead atoms. The van der Waals surface area contributed by atoms with Crippen molar-refractivity contribution in [2.24, 2.45) is 0 Å². The van der Waals surface area contributed by atoms with Crippen molar-refractivity contribution in [2.75, 3.05) is 0 Å². The highest BCUT2D eigenvalue weighted by Gasteiger charge is 2.21. The molecule has 1 atom stereocenters. The van der Waals surface area contributed by atoms with Gasteiger partial charge in [-0.25, -0.2) is 4.79 Å². The minimum absolute atomic E-state index is 0.0807. The zero-order valence-electron chi connectivity index (χ0n) is 16.5. The van der Waals surface area contributed by atoms with Crippen LogP contribution in [0.1, 0.15) is 40.5 Å². The first-order valence-corrected chi connectivity index (χ1v) is 11.1. The first kappa shape index (κ1) is 18.9. The minimum atomic E-state index is -0.521. The maximum Gasteiger partial charge on any atom is 0.420 e. The number of thiophene rings is 1. The van der Waals surface area contributed by atoms with Crippen molar-refractivity contribution < 1.29 is 9.21 Å². The van der Waals surface area contributed by atoms with Gasteiger partial charge in [-0.1, -0.05) is 36.4 Å². The van der Waals surface area contributed by atoms with Crippen LogP contribution in [0.2, 0.25) is 0 Å². The van der Waals surface area contributed by atoms with Crippen molar-refractivity contribution in [2.45, 2.75) is 38.3 Å². The van der Waals surface area contributed by atoms with E-state index in [1.807, 2.05) is 23.6 Å². The van der Waals surface area contributed by atoms with E-state index in [0.29, 0.717) is 11.1 Å². The van der Waals surface area contributed by atoms with Crippen molar-refractivity contribution in [1.29, 1.82) is 0 Å². The number of aryl methyl sites for hydroxylation is 2. The van der Waals surface area contributed by atoms with Gasteiger partial charge in [0.25, 0.3) is 0 Å². The van der Waals surface area contributed by atoms with E-state index in [1.54, 1.807) is 29.5 Å². The van der Waals surface area contributed by atoms with Gasteiger partial charge in [-0.3, -0.25) is 9.36 Å². The van der Waals surface area contributed by atoms with Crippen LogP contribution < -0.4 is 11.1 Å². The summed E-state index contributed by atoms with van der Waals surface area (Å²) in [6, 6.07) is 17.5. The maximum atomic E-state index is 13.0. The number of oxazole rings is 1. The molecule has 2 aromatic carbocycles. The van der Waals surface area contributed by atoms with Gasteiger partial charge in [-0.05, 0) is 66.0 Å². The zero-order chi connectivity index (χ0) is 20.5. The minimum Gasteiger partial charge on any atom is -0.408 e. The van der Waals surface area contributed by atoms with Crippen LogP contribution in [0.5, 0.6) is 0 Å². The van der Waals surface area contributed by atoms with E-state index in [4.69, 9.17) is 4.42 Å². The Morgan fingerprint density at radius 2 is 1.90 bits per heavy atom. The molecule has 5 nitrogen and oxygen atoms in total. The fraction of sp³-hybridized carbons (Fsp3) is 0.250. The first-order chi connectivity index (χ1) is 14.7. The molecule has 0 saturated carbocycles. The topological polar surface area (TPSA) is 64.2 Å². The number of amides is 1. The van der Waals surface area contributed by atoms with Crippen LogP contribution in [0.3, 0.4) is 0 Å².